The van der Waals surface area contributed by atoms with Gasteiger partial charge in [-0.15, -0.1) is 0 Å². The third-order valence-corrected chi connectivity index (χ3v) is 4.78. The molecule has 0 aliphatic carbocycles. The van der Waals surface area contributed by atoms with Crippen LogP contribution in [0.3, 0.4) is 0 Å². The summed E-state index contributed by atoms with van der Waals surface area (Å²) < 4.78 is 0. The van der Waals surface area contributed by atoms with Crippen molar-refractivity contribution in [1.82, 2.24) is 4.90 Å². The van der Waals surface area contributed by atoms with Crippen LogP contribution >= 0.6 is 0 Å². The Morgan fingerprint density at radius 2 is 1.85 bits per heavy atom. The fourth-order valence-corrected chi connectivity index (χ4v) is 3.04. The molecule has 1 saturated heterocycles. The van der Waals surface area contributed by atoms with E-state index in [2.05, 4.69) is 25.7 Å². The smallest absolute Gasteiger partial charge is 0.237 e. The minimum Gasteiger partial charge on any atom is -0.368 e. The van der Waals surface area contributed by atoms with Crippen molar-refractivity contribution in [2.75, 3.05) is 19.6 Å². The largest absolute Gasteiger partial charge is 0.368 e. The zero-order valence-electron chi connectivity index (χ0n) is 13.7. The number of nitrogens with zero attached hydrogens (tertiary/aromatic N) is 1. The molecular formula is C16H33N3O. The van der Waals surface area contributed by atoms with Gasteiger partial charge >= 0.3 is 0 Å². The molecule has 2 atom stereocenters. The average molecular weight is 283 g/mol. The van der Waals surface area contributed by atoms with Crippen molar-refractivity contribution in [1.29, 1.82) is 0 Å². The SMILES string of the molecule is CC(N)(CCCN1CCCC(C(C)(C)C)CC1)C(N)=O. The molecule has 0 aromatic carbocycles. The summed E-state index contributed by atoms with van der Waals surface area (Å²) in [6.45, 7) is 12.1. The Kier molecular flexibility index (Phi) is 6.02. The van der Waals surface area contributed by atoms with Crippen LogP contribution in [0.4, 0.5) is 0 Å². The van der Waals surface area contributed by atoms with Gasteiger partial charge in [0.1, 0.15) is 0 Å². The molecule has 1 aliphatic heterocycles. The summed E-state index contributed by atoms with van der Waals surface area (Å²) in [6.07, 6.45) is 5.49. The van der Waals surface area contributed by atoms with E-state index in [1.807, 2.05) is 0 Å². The minimum atomic E-state index is -0.861. The van der Waals surface area contributed by atoms with Crippen LogP contribution in [0.5, 0.6) is 0 Å². The van der Waals surface area contributed by atoms with E-state index >= 15 is 0 Å². The number of carbonyl (C=O) groups is 1. The van der Waals surface area contributed by atoms with Crippen LogP contribution < -0.4 is 11.5 Å². The van der Waals surface area contributed by atoms with Crippen LogP contribution in [0.1, 0.15) is 59.8 Å². The Hall–Kier alpha value is -0.610. The maximum Gasteiger partial charge on any atom is 0.237 e. The summed E-state index contributed by atoms with van der Waals surface area (Å²) in [7, 11) is 0. The molecule has 2 unspecified atom stereocenters. The molecule has 0 aromatic heterocycles. The molecule has 1 amide bonds. The van der Waals surface area contributed by atoms with Gasteiger partial charge in [0.15, 0.2) is 0 Å². The molecule has 0 bridgehead atoms. The first-order valence-corrected chi connectivity index (χ1v) is 7.94. The van der Waals surface area contributed by atoms with E-state index in [9.17, 15) is 4.79 Å². The van der Waals surface area contributed by atoms with E-state index in [0.29, 0.717) is 11.8 Å². The van der Waals surface area contributed by atoms with Gasteiger partial charge < -0.3 is 16.4 Å². The van der Waals surface area contributed by atoms with Crippen molar-refractivity contribution in [3.05, 3.63) is 0 Å². The molecule has 1 heterocycles. The second kappa shape index (κ2) is 6.90. The van der Waals surface area contributed by atoms with Crippen LogP contribution in [-0.4, -0.2) is 36.0 Å². The van der Waals surface area contributed by atoms with E-state index in [0.717, 1.165) is 18.9 Å². The first kappa shape index (κ1) is 17.4. The van der Waals surface area contributed by atoms with E-state index in [1.165, 1.54) is 32.4 Å². The molecule has 118 valence electrons. The van der Waals surface area contributed by atoms with Crippen LogP contribution in [0.2, 0.25) is 0 Å². The number of likely N-dealkylation sites (tertiary alicyclic amines) is 1. The highest BCUT2D eigenvalue weighted by molar-refractivity contribution is 5.83. The lowest BCUT2D eigenvalue weighted by Gasteiger charge is -2.30. The van der Waals surface area contributed by atoms with Crippen molar-refractivity contribution in [2.24, 2.45) is 22.8 Å². The summed E-state index contributed by atoms with van der Waals surface area (Å²) in [6, 6.07) is 0. The second-order valence-electron chi connectivity index (χ2n) is 7.72. The summed E-state index contributed by atoms with van der Waals surface area (Å²) in [5.74, 6) is 0.416. The number of amides is 1. The lowest BCUT2D eigenvalue weighted by Crippen LogP contribution is -2.49. The van der Waals surface area contributed by atoms with E-state index in [4.69, 9.17) is 11.5 Å². The Labute approximate surface area is 124 Å². The van der Waals surface area contributed by atoms with Crippen LogP contribution in [0.25, 0.3) is 0 Å². The highest BCUT2D eigenvalue weighted by atomic mass is 16.1. The Bertz CT molecular complexity index is 320. The van der Waals surface area contributed by atoms with Gasteiger partial charge in [-0.3, -0.25) is 4.79 Å². The zero-order chi connectivity index (χ0) is 15.4. The molecule has 4 nitrogen and oxygen atoms in total. The normalized spacial score (nSPS) is 24.9. The third kappa shape index (κ3) is 5.41. The Morgan fingerprint density at radius 3 is 2.40 bits per heavy atom. The first-order chi connectivity index (χ1) is 9.13. The van der Waals surface area contributed by atoms with Crippen LogP contribution in [0.15, 0.2) is 0 Å². The molecule has 4 heteroatoms. The molecule has 1 aliphatic rings. The van der Waals surface area contributed by atoms with Gasteiger partial charge in [-0.25, -0.2) is 0 Å². The number of hydrogen-bond donors (Lipinski definition) is 2. The van der Waals surface area contributed by atoms with Crippen molar-refractivity contribution in [3.63, 3.8) is 0 Å². The van der Waals surface area contributed by atoms with Crippen molar-refractivity contribution >= 4 is 5.91 Å². The molecule has 20 heavy (non-hydrogen) atoms. The first-order valence-electron chi connectivity index (χ1n) is 7.94. The predicted octanol–water partition coefficient (Wildman–Crippen LogP) is 2.12. The second-order valence-corrected chi connectivity index (χ2v) is 7.72. The zero-order valence-corrected chi connectivity index (χ0v) is 13.7. The minimum absolute atomic E-state index is 0.402. The molecule has 0 spiro atoms. The lowest BCUT2D eigenvalue weighted by molar-refractivity contribution is -0.122. The maximum absolute atomic E-state index is 11.2. The molecule has 1 fully saturated rings. The summed E-state index contributed by atoms with van der Waals surface area (Å²) in [5, 5.41) is 0. The monoisotopic (exact) mass is 283 g/mol. The highest BCUT2D eigenvalue weighted by Crippen LogP contribution is 2.34. The number of hydrogen-bond acceptors (Lipinski definition) is 3. The number of rotatable bonds is 5. The van der Waals surface area contributed by atoms with Gasteiger partial charge in [0, 0.05) is 0 Å². The standard InChI is InChI=1S/C16H33N3O/c1-15(2,3)13-7-5-10-19(12-8-13)11-6-9-16(4,18)14(17)20/h13H,5-12,18H2,1-4H3,(H2,17,20). The molecule has 4 N–H and O–H groups in total. The van der Waals surface area contributed by atoms with Crippen molar-refractivity contribution in [2.45, 2.75) is 65.3 Å². The molecular weight excluding hydrogens is 250 g/mol. The topological polar surface area (TPSA) is 72.3 Å². The molecule has 0 saturated carbocycles. The lowest BCUT2D eigenvalue weighted by atomic mass is 9.77. The molecule has 0 aromatic rings. The van der Waals surface area contributed by atoms with Gasteiger partial charge in [0.25, 0.3) is 0 Å². The third-order valence-electron chi connectivity index (χ3n) is 4.78. The van der Waals surface area contributed by atoms with Gasteiger partial charge in [0.2, 0.25) is 5.91 Å². The van der Waals surface area contributed by atoms with Crippen LogP contribution in [-0.2, 0) is 4.79 Å². The van der Waals surface area contributed by atoms with Crippen LogP contribution in [0, 0.1) is 11.3 Å². The average Bonchev–Trinajstić information content (AvgIpc) is 2.53. The van der Waals surface area contributed by atoms with Gasteiger partial charge in [-0.2, -0.15) is 0 Å². The summed E-state index contributed by atoms with van der Waals surface area (Å²) in [4.78, 5) is 13.7. The number of primary amides is 1. The summed E-state index contributed by atoms with van der Waals surface area (Å²) >= 11 is 0. The van der Waals surface area contributed by atoms with Gasteiger partial charge in [0.05, 0.1) is 5.54 Å². The number of nitrogens with two attached hydrogens (primary N) is 2. The highest BCUT2D eigenvalue weighted by Gasteiger charge is 2.28. The van der Waals surface area contributed by atoms with E-state index in [-0.39, 0.29) is 0 Å². The van der Waals surface area contributed by atoms with Crippen molar-refractivity contribution in [3.8, 4) is 0 Å². The fourth-order valence-electron chi connectivity index (χ4n) is 3.04. The Morgan fingerprint density at radius 1 is 1.20 bits per heavy atom. The Balaban J connectivity index is 2.35. The fraction of sp³-hybridized carbons (Fsp3) is 0.938. The quantitative estimate of drug-likeness (QED) is 0.811. The molecule has 1 rings (SSSR count). The van der Waals surface area contributed by atoms with E-state index < -0.39 is 11.4 Å². The summed E-state index contributed by atoms with van der Waals surface area (Å²) in [5.41, 5.74) is 10.7. The van der Waals surface area contributed by atoms with Gasteiger partial charge in [-0.1, -0.05) is 20.8 Å². The van der Waals surface area contributed by atoms with Crippen molar-refractivity contribution < 1.29 is 4.79 Å². The predicted molar refractivity (Wildman–Crippen MR) is 84.3 cm³/mol. The maximum atomic E-state index is 11.2. The van der Waals surface area contributed by atoms with E-state index in [1.54, 1.807) is 6.92 Å². The van der Waals surface area contributed by atoms with Gasteiger partial charge in [-0.05, 0) is 70.0 Å². The number of carbonyl (C=O) groups excluding carboxylic acids is 1. The molecule has 0 radical (unpaired) electrons.